The van der Waals surface area contributed by atoms with Crippen molar-refractivity contribution in [3.63, 3.8) is 0 Å². The van der Waals surface area contributed by atoms with E-state index in [0.717, 1.165) is 43.9 Å². The lowest BCUT2D eigenvalue weighted by Crippen LogP contribution is -2.34. The van der Waals surface area contributed by atoms with Crippen LogP contribution in [0.2, 0.25) is 0 Å². The van der Waals surface area contributed by atoms with Gasteiger partial charge in [-0.15, -0.1) is 0 Å². The molecule has 5 rings (SSSR count). The highest BCUT2D eigenvalue weighted by Gasteiger charge is 2.31. The third-order valence-corrected chi connectivity index (χ3v) is 6.52. The molecule has 0 unspecified atom stereocenters. The average molecular weight is 498 g/mol. The average Bonchev–Trinajstić information content (AvgIpc) is 3.27. The number of benzene rings is 2. The number of H-pyrrole nitrogens is 1. The quantitative estimate of drug-likeness (QED) is 0.323. The molecule has 0 amide bonds. The van der Waals surface area contributed by atoms with Crippen molar-refractivity contribution in [3.05, 3.63) is 66.1 Å². The van der Waals surface area contributed by atoms with Crippen LogP contribution in [0.4, 0.5) is 23.4 Å². The Morgan fingerprint density at radius 3 is 2.44 bits per heavy atom. The second-order valence-corrected chi connectivity index (χ2v) is 8.94. The van der Waals surface area contributed by atoms with Gasteiger partial charge in [0.25, 0.3) is 0 Å². The van der Waals surface area contributed by atoms with Crippen LogP contribution in [-0.2, 0) is 11.0 Å². The molecule has 0 radical (unpaired) electrons. The molecule has 0 saturated carbocycles. The van der Waals surface area contributed by atoms with Crippen LogP contribution in [0, 0.1) is 11.7 Å². The zero-order chi connectivity index (χ0) is 25.4. The van der Waals surface area contributed by atoms with Gasteiger partial charge in [-0.2, -0.15) is 13.2 Å². The summed E-state index contributed by atoms with van der Waals surface area (Å²) in [7, 11) is 0. The van der Waals surface area contributed by atoms with Gasteiger partial charge in [0.2, 0.25) is 0 Å². The number of carboxylic acids is 1. The van der Waals surface area contributed by atoms with Crippen molar-refractivity contribution in [2.75, 3.05) is 18.0 Å². The van der Waals surface area contributed by atoms with Crippen LogP contribution in [0.25, 0.3) is 33.5 Å². The molecule has 0 aliphatic carbocycles. The first-order valence-corrected chi connectivity index (χ1v) is 11.5. The number of pyridine rings is 1. The second kappa shape index (κ2) is 9.25. The molecule has 1 fully saturated rings. The molecule has 2 aromatic heterocycles. The van der Waals surface area contributed by atoms with Crippen molar-refractivity contribution in [1.29, 1.82) is 0 Å². The molecular formula is C26H22F4N4O2. The number of piperidine rings is 1. The van der Waals surface area contributed by atoms with Crippen molar-refractivity contribution in [2.24, 2.45) is 5.92 Å². The Balaban J connectivity index is 1.32. The van der Waals surface area contributed by atoms with Gasteiger partial charge in [0.1, 0.15) is 17.5 Å². The number of fused-ring (bicyclic) bond motifs is 1. The van der Waals surface area contributed by atoms with Crippen LogP contribution in [0.5, 0.6) is 0 Å². The van der Waals surface area contributed by atoms with E-state index in [1.54, 1.807) is 12.3 Å². The summed E-state index contributed by atoms with van der Waals surface area (Å²) in [5, 5.41) is 8.96. The number of hydrogen-bond donors (Lipinski definition) is 2. The molecule has 1 saturated heterocycles. The van der Waals surface area contributed by atoms with Crippen LogP contribution in [-0.4, -0.2) is 39.1 Å². The summed E-state index contributed by atoms with van der Waals surface area (Å²) in [6, 6.07) is 11.5. The van der Waals surface area contributed by atoms with Crippen LogP contribution >= 0.6 is 0 Å². The molecule has 3 heterocycles. The molecule has 0 bridgehead atoms. The van der Waals surface area contributed by atoms with E-state index in [-0.39, 0.29) is 29.2 Å². The number of rotatable bonds is 5. The number of nitrogens with zero attached hydrogens (tertiary/aromatic N) is 3. The number of imidazole rings is 1. The minimum Gasteiger partial charge on any atom is -0.481 e. The van der Waals surface area contributed by atoms with Gasteiger partial charge in [-0.25, -0.2) is 14.4 Å². The molecule has 1 aliphatic rings. The van der Waals surface area contributed by atoms with Crippen LogP contribution in [0.1, 0.15) is 24.8 Å². The highest BCUT2D eigenvalue weighted by molar-refractivity contribution is 5.81. The van der Waals surface area contributed by atoms with Gasteiger partial charge in [-0.3, -0.25) is 4.79 Å². The molecule has 6 nitrogen and oxygen atoms in total. The Morgan fingerprint density at radius 1 is 1.06 bits per heavy atom. The van der Waals surface area contributed by atoms with Crippen molar-refractivity contribution >= 4 is 22.8 Å². The Morgan fingerprint density at radius 2 is 1.81 bits per heavy atom. The number of carboxylic acid groups (broad SMARTS) is 1. The molecule has 10 heteroatoms. The summed E-state index contributed by atoms with van der Waals surface area (Å²) >= 11 is 0. The SMILES string of the molecule is O=C(O)CC1CCN(c2ccc(-c3ccc(-c4nc5ccc(C(F)(F)F)cc5[nH]4)c(F)c3)cn2)CC1. The van der Waals surface area contributed by atoms with Gasteiger partial charge >= 0.3 is 12.1 Å². The maximum absolute atomic E-state index is 15.0. The first-order valence-electron chi connectivity index (χ1n) is 11.5. The number of aromatic nitrogens is 3. The Labute approximate surface area is 203 Å². The van der Waals surface area contributed by atoms with Crippen LogP contribution in [0.3, 0.4) is 0 Å². The van der Waals surface area contributed by atoms with Crippen LogP contribution < -0.4 is 4.90 Å². The van der Waals surface area contributed by atoms with Gasteiger partial charge in [-0.1, -0.05) is 6.07 Å². The zero-order valence-corrected chi connectivity index (χ0v) is 19.0. The smallest absolute Gasteiger partial charge is 0.416 e. The van der Waals surface area contributed by atoms with Gasteiger partial charge in [0.15, 0.2) is 0 Å². The van der Waals surface area contributed by atoms with Crippen molar-refractivity contribution in [3.8, 4) is 22.5 Å². The van der Waals surface area contributed by atoms with E-state index in [1.165, 1.54) is 18.2 Å². The maximum Gasteiger partial charge on any atom is 0.416 e. The minimum atomic E-state index is -4.48. The van der Waals surface area contributed by atoms with Crippen molar-refractivity contribution in [1.82, 2.24) is 15.0 Å². The number of aromatic amines is 1. The van der Waals surface area contributed by atoms with E-state index in [4.69, 9.17) is 5.11 Å². The second-order valence-electron chi connectivity index (χ2n) is 8.94. The number of hydrogen-bond acceptors (Lipinski definition) is 4. The molecule has 2 aromatic carbocycles. The summed E-state index contributed by atoms with van der Waals surface area (Å²) < 4.78 is 53.9. The first-order chi connectivity index (χ1) is 17.2. The van der Waals surface area contributed by atoms with E-state index >= 15 is 4.39 Å². The Hall–Kier alpha value is -3.95. The molecule has 36 heavy (non-hydrogen) atoms. The van der Waals surface area contributed by atoms with Gasteiger partial charge in [0.05, 0.1) is 22.2 Å². The lowest BCUT2D eigenvalue weighted by molar-refractivity contribution is -0.138. The molecular weight excluding hydrogens is 476 g/mol. The standard InChI is InChI=1S/C26H22F4N4O2/c27-20-12-16(17-2-6-23(31-14-17)34-9-7-15(8-10-34)11-24(35)36)1-4-19(20)25-32-21-5-3-18(26(28,29)30)13-22(21)33-25/h1-6,12-15H,7-11H2,(H,32,33)(H,35,36). The van der Waals surface area contributed by atoms with E-state index in [0.29, 0.717) is 16.6 Å². The van der Waals surface area contributed by atoms with Gasteiger partial charge in [0, 0.05) is 31.3 Å². The monoisotopic (exact) mass is 498 g/mol. The fourth-order valence-electron chi connectivity index (χ4n) is 4.56. The number of alkyl halides is 3. The number of halogens is 4. The summed E-state index contributed by atoms with van der Waals surface area (Å²) in [6.45, 7) is 1.46. The fourth-order valence-corrected chi connectivity index (χ4v) is 4.56. The largest absolute Gasteiger partial charge is 0.481 e. The number of carbonyl (C=O) groups is 1. The summed E-state index contributed by atoms with van der Waals surface area (Å²) in [5.74, 6) is -0.228. The Bertz CT molecular complexity index is 1410. The summed E-state index contributed by atoms with van der Waals surface area (Å²) in [5.41, 5.74) is 1.15. The Kier molecular flexibility index (Phi) is 6.11. The summed E-state index contributed by atoms with van der Waals surface area (Å²) in [4.78, 5) is 24.5. The summed E-state index contributed by atoms with van der Waals surface area (Å²) in [6.07, 6.45) is -1.05. The van der Waals surface area contributed by atoms with Crippen molar-refractivity contribution in [2.45, 2.75) is 25.4 Å². The molecule has 1 aliphatic heterocycles. The number of aliphatic carboxylic acids is 1. The van der Waals surface area contributed by atoms with E-state index in [2.05, 4.69) is 19.9 Å². The van der Waals surface area contributed by atoms with E-state index in [9.17, 15) is 18.0 Å². The normalized spacial score (nSPS) is 14.9. The number of anilines is 1. The minimum absolute atomic E-state index is 0.146. The van der Waals surface area contributed by atoms with Gasteiger partial charge < -0.3 is 15.0 Å². The van der Waals surface area contributed by atoms with E-state index in [1.807, 2.05) is 12.1 Å². The number of nitrogens with one attached hydrogen (secondary N) is 1. The molecule has 0 atom stereocenters. The third-order valence-electron chi connectivity index (χ3n) is 6.52. The third kappa shape index (κ3) is 4.89. The predicted molar refractivity (Wildman–Crippen MR) is 127 cm³/mol. The topological polar surface area (TPSA) is 82.1 Å². The zero-order valence-electron chi connectivity index (χ0n) is 19.0. The lowest BCUT2D eigenvalue weighted by Gasteiger charge is -2.32. The molecule has 186 valence electrons. The maximum atomic E-state index is 15.0. The van der Waals surface area contributed by atoms with E-state index < -0.39 is 23.5 Å². The fraction of sp³-hybridized carbons (Fsp3) is 0.269. The highest BCUT2D eigenvalue weighted by atomic mass is 19.4. The predicted octanol–water partition coefficient (Wildman–Crippen LogP) is 6.14. The molecule has 4 aromatic rings. The molecule has 2 N–H and O–H groups in total. The lowest BCUT2D eigenvalue weighted by atomic mass is 9.93. The first kappa shape index (κ1) is 23.8. The highest BCUT2D eigenvalue weighted by Crippen LogP contribution is 2.33. The van der Waals surface area contributed by atoms with Crippen LogP contribution in [0.15, 0.2) is 54.7 Å². The molecule has 0 spiro atoms. The van der Waals surface area contributed by atoms with Crippen molar-refractivity contribution < 1.29 is 27.5 Å². The van der Waals surface area contributed by atoms with Gasteiger partial charge in [-0.05, 0) is 66.8 Å².